The van der Waals surface area contributed by atoms with Crippen LogP contribution in [0, 0.1) is 0 Å². The number of pyridine rings is 1. The quantitative estimate of drug-likeness (QED) is 0.534. The minimum Gasteiger partial charge on any atom is -0.475 e. The highest BCUT2D eigenvalue weighted by Crippen LogP contribution is 2.33. The SMILES string of the molecule is O=C(O)C(F)(F)F.O=C(O)C(F)(F)F.O=C1COC2(CCN(Cc3ccsc3)CC2)CN1c1cccnc1. The molecule has 1 amide bonds. The van der Waals surface area contributed by atoms with Crippen LogP contribution < -0.4 is 4.90 Å². The van der Waals surface area contributed by atoms with E-state index in [4.69, 9.17) is 24.5 Å². The van der Waals surface area contributed by atoms with E-state index in [9.17, 15) is 31.1 Å². The van der Waals surface area contributed by atoms with Crippen LogP contribution >= 0.6 is 11.3 Å². The number of piperidine rings is 1. The maximum Gasteiger partial charge on any atom is 0.490 e. The van der Waals surface area contributed by atoms with Gasteiger partial charge in [0.2, 0.25) is 0 Å². The van der Waals surface area contributed by atoms with E-state index in [1.165, 1.54) is 5.56 Å². The zero-order valence-corrected chi connectivity index (χ0v) is 20.4. The number of carboxylic acid groups (broad SMARTS) is 2. The molecular weight excluding hydrogens is 548 g/mol. The molecule has 2 fully saturated rings. The van der Waals surface area contributed by atoms with Crippen molar-refractivity contribution in [2.24, 2.45) is 0 Å². The number of hydrogen-bond donors (Lipinski definition) is 2. The third-order valence-corrected chi connectivity index (χ3v) is 6.18. The molecule has 4 rings (SSSR count). The van der Waals surface area contributed by atoms with Gasteiger partial charge in [-0.2, -0.15) is 37.7 Å². The van der Waals surface area contributed by atoms with Crippen molar-refractivity contribution in [3.05, 3.63) is 46.9 Å². The lowest BCUT2D eigenvalue weighted by Crippen LogP contribution is -2.58. The first-order chi connectivity index (χ1) is 17.6. The van der Waals surface area contributed by atoms with Gasteiger partial charge in [-0.15, -0.1) is 0 Å². The van der Waals surface area contributed by atoms with Crippen molar-refractivity contribution in [3.8, 4) is 0 Å². The third-order valence-electron chi connectivity index (χ3n) is 5.45. The van der Waals surface area contributed by atoms with Crippen molar-refractivity contribution in [3.63, 3.8) is 0 Å². The van der Waals surface area contributed by atoms with Gasteiger partial charge in [-0.3, -0.25) is 14.7 Å². The van der Waals surface area contributed by atoms with Crippen LogP contribution in [0.2, 0.25) is 0 Å². The highest BCUT2D eigenvalue weighted by Gasteiger charge is 2.43. The second-order valence-electron chi connectivity index (χ2n) is 8.18. The van der Waals surface area contributed by atoms with Gasteiger partial charge in [0.05, 0.1) is 24.0 Å². The topological polar surface area (TPSA) is 120 Å². The molecule has 0 unspecified atom stereocenters. The molecule has 2 N–H and O–H groups in total. The molecule has 0 saturated carbocycles. The van der Waals surface area contributed by atoms with Gasteiger partial charge in [0, 0.05) is 25.8 Å². The van der Waals surface area contributed by atoms with Gasteiger partial charge >= 0.3 is 24.3 Å². The largest absolute Gasteiger partial charge is 0.490 e. The number of amides is 1. The van der Waals surface area contributed by atoms with Crippen molar-refractivity contribution in [1.29, 1.82) is 0 Å². The third kappa shape index (κ3) is 9.57. The second-order valence-corrected chi connectivity index (χ2v) is 8.96. The summed E-state index contributed by atoms with van der Waals surface area (Å²) in [5.41, 5.74) is 2.04. The number of carboxylic acids is 2. The summed E-state index contributed by atoms with van der Waals surface area (Å²) in [6.45, 7) is 3.81. The van der Waals surface area contributed by atoms with Gasteiger partial charge in [0.15, 0.2) is 0 Å². The van der Waals surface area contributed by atoms with Gasteiger partial charge in [-0.25, -0.2) is 9.59 Å². The summed E-state index contributed by atoms with van der Waals surface area (Å²) < 4.78 is 69.5. The van der Waals surface area contributed by atoms with Crippen molar-refractivity contribution in [1.82, 2.24) is 9.88 Å². The van der Waals surface area contributed by atoms with Gasteiger partial charge < -0.3 is 19.8 Å². The zero-order valence-electron chi connectivity index (χ0n) is 19.5. The van der Waals surface area contributed by atoms with Crippen LogP contribution in [0.15, 0.2) is 41.4 Å². The Bertz CT molecular complexity index is 1030. The molecular formula is C22H23F6N3O6S. The number of carbonyl (C=O) groups excluding carboxylic acids is 1. The fourth-order valence-electron chi connectivity index (χ4n) is 3.53. The molecule has 2 aromatic heterocycles. The number of likely N-dealkylation sites (tertiary alicyclic amines) is 1. The molecule has 0 bridgehead atoms. The molecule has 2 aliphatic rings. The summed E-state index contributed by atoms with van der Waals surface area (Å²) in [7, 11) is 0. The number of aliphatic carboxylic acids is 2. The number of hydrogen-bond acceptors (Lipinski definition) is 7. The monoisotopic (exact) mass is 571 g/mol. The van der Waals surface area contributed by atoms with Crippen LogP contribution in [-0.4, -0.2) is 82.1 Å². The average Bonchev–Trinajstić information content (AvgIpc) is 3.36. The minimum absolute atomic E-state index is 0.0225. The van der Waals surface area contributed by atoms with Gasteiger partial charge in [0.25, 0.3) is 5.91 Å². The normalized spacial score (nSPS) is 17.6. The number of rotatable bonds is 3. The number of carbonyl (C=O) groups is 3. The summed E-state index contributed by atoms with van der Waals surface area (Å²) >= 11 is 1.75. The summed E-state index contributed by atoms with van der Waals surface area (Å²) in [6, 6.07) is 6.00. The Labute approximate surface area is 216 Å². The van der Waals surface area contributed by atoms with E-state index >= 15 is 0 Å². The summed E-state index contributed by atoms with van der Waals surface area (Å²) in [4.78, 5) is 38.5. The maximum absolute atomic E-state index is 12.3. The molecule has 2 aromatic rings. The summed E-state index contributed by atoms with van der Waals surface area (Å²) in [6.07, 6.45) is -4.77. The Morgan fingerprint density at radius 3 is 2.08 bits per heavy atom. The Morgan fingerprint density at radius 1 is 1.05 bits per heavy atom. The smallest absolute Gasteiger partial charge is 0.475 e. The van der Waals surface area contributed by atoms with Crippen molar-refractivity contribution in [2.45, 2.75) is 37.3 Å². The lowest BCUT2D eigenvalue weighted by Gasteiger charge is -2.46. The first-order valence-corrected chi connectivity index (χ1v) is 11.8. The van der Waals surface area contributed by atoms with E-state index in [1.54, 1.807) is 23.7 Å². The van der Waals surface area contributed by atoms with E-state index < -0.39 is 24.3 Å². The van der Waals surface area contributed by atoms with Crippen molar-refractivity contribution < 1.29 is 55.7 Å². The Kier molecular flexibility index (Phi) is 10.6. The Balaban J connectivity index is 0.000000301. The van der Waals surface area contributed by atoms with E-state index in [2.05, 4.69) is 26.7 Å². The van der Waals surface area contributed by atoms with E-state index in [0.29, 0.717) is 6.54 Å². The molecule has 210 valence electrons. The van der Waals surface area contributed by atoms with E-state index in [-0.39, 0.29) is 18.1 Å². The number of thiophene rings is 1. The van der Waals surface area contributed by atoms with Crippen LogP contribution in [0.1, 0.15) is 18.4 Å². The predicted molar refractivity (Wildman–Crippen MR) is 121 cm³/mol. The highest BCUT2D eigenvalue weighted by atomic mass is 32.1. The number of aromatic nitrogens is 1. The van der Waals surface area contributed by atoms with Crippen LogP contribution in [-0.2, 0) is 25.7 Å². The van der Waals surface area contributed by atoms with Crippen LogP contribution in [0.3, 0.4) is 0 Å². The molecule has 2 saturated heterocycles. The van der Waals surface area contributed by atoms with Gasteiger partial charge in [-0.1, -0.05) is 0 Å². The number of alkyl halides is 6. The number of anilines is 1. The Morgan fingerprint density at radius 2 is 1.63 bits per heavy atom. The van der Waals surface area contributed by atoms with E-state index in [0.717, 1.165) is 38.2 Å². The van der Waals surface area contributed by atoms with Gasteiger partial charge in [-0.05, 0) is 47.4 Å². The molecule has 4 heterocycles. The molecule has 16 heteroatoms. The van der Waals surface area contributed by atoms with Gasteiger partial charge in [0.1, 0.15) is 6.61 Å². The fraction of sp³-hybridized carbons (Fsp3) is 0.455. The molecule has 9 nitrogen and oxygen atoms in total. The molecule has 0 aromatic carbocycles. The molecule has 0 aliphatic carbocycles. The lowest BCUT2D eigenvalue weighted by molar-refractivity contribution is -0.193. The number of ether oxygens (including phenoxy) is 1. The zero-order chi connectivity index (χ0) is 28.6. The first-order valence-electron chi connectivity index (χ1n) is 10.8. The second kappa shape index (κ2) is 13.0. The first kappa shape index (κ1) is 31.0. The Hall–Kier alpha value is -3.24. The number of morpholine rings is 1. The molecule has 2 aliphatic heterocycles. The predicted octanol–water partition coefficient (Wildman–Crippen LogP) is 3.81. The van der Waals surface area contributed by atoms with E-state index in [1.807, 2.05) is 17.0 Å². The molecule has 38 heavy (non-hydrogen) atoms. The van der Waals surface area contributed by atoms with Crippen molar-refractivity contribution in [2.75, 3.05) is 31.1 Å². The lowest BCUT2D eigenvalue weighted by atomic mass is 9.89. The maximum atomic E-state index is 12.3. The van der Waals surface area contributed by atoms with Crippen LogP contribution in [0.4, 0.5) is 32.0 Å². The van der Waals surface area contributed by atoms with Crippen LogP contribution in [0.5, 0.6) is 0 Å². The van der Waals surface area contributed by atoms with Crippen molar-refractivity contribution >= 4 is 34.9 Å². The molecule has 0 atom stereocenters. The minimum atomic E-state index is -5.08. The summed E-state index contributed by atoms with van der Waals surface area (Å²) in [5.74, 6) is -5.49. The highest BCUT2D eigenvalue weighted by molar-refractivity contribution is 7.07. The van der Waals surface area contributed by atoms with Crippen LogP contribution in [0.25, 0.3) is 0 Å². The number of nitrogens with zero attached hydrogens (tertiary/aromatic N) is 3. The molecule has 1 spiro atoms. The average molecular weight is 571 g/mol. The summed E-state index contributed by atoms with van der Waals surface area (Å²) in [5, 5.41) is 18.6. The number of halogens is 6. The fourth-order valence-corrected chi connectivity index (χ4v) is 4.19. The molecule has 0 radical (unpaired) electrons. The standard InChI is InChI=1S/C18H21N3O2S.2C2HF3O2/c22-17-12-23-18(14-21(17)16-2-1-6-19-10-16)4-7-20(8-5-18)11-15-3-9-24-13-15;2*3-2(4,5)1(6)7/h1-3,6,9-10,13H,4-5,7-8,11-12,14H2;2*(H,6,7).